The minimum Gasteiger partial charge on any atom is -0.0875 e. The molecule has 0 spiro atoms. The average molecular weight is 240 g/mol. The van der Waals surface area contributed by atoms with E-state index >= 15 is 0 Å². The molecule has 0 amide bonds. The van der Waals surface area contributed by atoms with Crippen molar-refractivity contribution >= 4 is 31.9 Å². The molecule has 0 aromatic rings. The zero-order chi connectivity index (χ0) is 5.98. The third-order valence-electron chi connectivity index (χ3n) is 1.27. The Labute approximate surface area is 66.6 Å². The Kier molecular flexibility index (Phi) is 2.57. The molecular formula is C6H8Br2. The maximum absolute atomic E-state index is 3.56. The Morgan fingerprint density at radius 3 is 2.50 bits per heavy atom. The minimum absolute atomic E-state index is 0.552. The highest BCUT2D eigenvalue weighted by atomic mass is 79.9. The van der Waals surface area contributed by atoms with Gasteiger partial charge in [0.15, 0.2) is 0 Å². The van der Waals surface area contributed by atoms with E-state index in [0.29, 0.717) is 9.65 Å². The van der Waals surface area contributed by atoms with Gasteiger partial charge >= 0.3 is 0 Å². The van der Waals surface area contributed by atoms with Gasteiger partial charge in [0.1, 0.15) is 0 Å². The fourth-order valence-electron chi connectivity index (χ4n) is 0.761. The Morgan fingerprint density at radius 1 is 1.38 bits per heavy atom. The molecule has 0 bridgehead atoms. The average Bonchev–Trinajstić information content (AvgIpc) is 1.77. The first-order valence-corrected chi connectivity index (χ1v) is 4.58. The van der Waals surface area contributed by atoms with E-state index in [-0.39, 0.29) is 0 Å². The van der Waals surface area contributed by atoms with E-state index < -0.39 is 0 Å². The second kappa shape index (κ2) is 3.02. The molecule has 0 radical (unpaired) electrons. The van der Waals surface area contributed by atoms with Crippen LogP contribution >= 0.6 is 31.9 Å². The van der Waals surface area contributed by atoms with E-state index in [9.17, 15) is 0 Å². The highest BCUT2D eigenvalue weighted by Gasteiger charge is 2.14. The summed E-state index contributed by atoms with van der Waals surface area (Å²) in [5.41, 5.74) is 0. The summed E-state index contributed by atoms with van der Waals surface area (Å²) in [5, 5.41) is 0. The monoisotopic (exact) mass is 238 g/mol. The molecule has 0 N–H and O–H groups in total. The van der Waals surface area contributed by atoms with Crippen LogP contribution in [0.2, 0.25) is 0 Å². The predicted octanol–water partition coefficient (Wildman–Crippen LogP) is 2.86. The van der Waals surface area contributed by atoms with Crippen molar-refractivity contribution in [3.8, 4) is 0 Å². The van der Waals surface area contributed by atoms with E-state index in [1.165, 1.54) is 12.8 Å². The summed E-state index contributed by atoms with van der Waals surface area (Å²) < 4.78 is 0. The van der Waals surface area contributed by atoms with E-state index in [1.807, 2.05) is 0 Å². The van der Waals surface area contributed by atoms with Crippen LogP contribution in [0.1, 0.15) is 12.8 Å². The van der Waals surface area contributed by atoms with Gasteiger partial charge in [0.25, 0.3) is 0 Å². The molecule has 2 unspecified atom stereocenters. The van der Waals surface area contributed by atoms with Crippen LogP contribution in [0.4, 0.5) is 0 Å². The van der Waals surface area contributed by atoms with Gasteiger partial charge < -0.3 is 0 Å². The van der Waals surface area contributed by atoms with Gasteiger partial charge in [-0.05, 0) is 12.8 Å². The van der Waals surface area contributed by atoms with E-state index in [1.54, 1.807) is 0 Å². The van der Waals surface area contributed by atoms with Crippen molar-refractivity contribution in [2.75, 3.05) is 0 Å². The Bertz CT molecular complexity index is 98.7. The van der Waals surface area contributed by atoms with Crippen LogP contribution in [-0.4, -0.2) is 9.65 Å². The van der Waals surface area contributed by atoms with Gasteiger partial charge in [-0.2, -0.15) is 0 Å². The Balaban J connectivity index is 2.47. The quantitative estimate of drug-likeness (QED) is 0.451. The van der Waals surface area contributed by atoms with Gasteiger partial charge in [-0.25, -0.2) is 0 Å². The summed E-state index contributed by atoms with van der Waals surface area (Å²) >= 11 is 7.08. The molecule has 0 aliphatic heterocycles. The lowest BCUT2D eigenvalue weighted by molar-refractivity contribution is 0.776. The topological polar surface area (TPSA) is 0 Å². The Hall–Kier alpha value is 0.700. The van der Waals surface area contributed by atoms with Crippen LogP contribution in [0.15, 0.2) is 12.2 Å². The third kappa shape index (κ3) is 1.59. The number of rotatable bonds is 0. The van der Waals surface area contributed by atoms with Crippen molar-refractivity contribution in [1.82, 2.24) is 0 Å². The molecule has 8 heavy (non-hydrogen) atoms. The second-order valence-electron chi connectivity index (χ2n) is 1.97. The molecule has 2 atom stereocenters. The summed E-state index contributed by atoms with van der Waals surface area (Å²) in [7, 11) is 0. The highest BCUT2D eigenvalue weighted by Crippen LogP contribution is 2.24. The van der Waals surface area contributed by atoms with Gasteiger partial charge in [-0.3, -0.25) is 0 Å². The van der Waals surface area contributed by atoms with Crippen LogP contribution in [0.25, 0.3) is 0 Å². The van der Waals surface area contributed by atoms with Crippen LogP contribution in [-0.2, 0) is 0 Å². The Morgan fingerprint density at radius 2 is 2.12 bits per heavy atom. The molecular weight excluding hydrogens is 232 g/mol. The number of halogens is 2. The maximum atomic E-state index is 3.56. The van der Waals surface area contributed by atoms with Crippen LogP contribution in [0.5, 0.6) is 0 Å². The fourth-order valence-corrected chi connectivity index (χ4v) is 1.68. The van der Waals surface area contributed by atoms with Gasteiger partial charge in [0.2, 0.25) is 0 Å². The summed E-state index contributed by atoms with van der Waals surface area (Å²) in [6.07, 6.45) is 6.89. The highest BCUT2D eigenvalue weighted by molar-refractivity contribution is 9.12. The molecule has 1 rings (SSSR count). The molecule has 0 aromatic heterocycles. The molecule has 1 aliphatic rings. The van der Waals surface area contributed by atoms with Crippen LogP contribution in [0.3, 0.4) is 0 Å². The second-order valence-corrected chi connectivity index (χ2v) is 4.20. The van der Waals surface area contributed by atoms with Crippen molar-refractivity contribution in [2.45, 2.75) is 22.5 Å². The lowest BCUT2D eigenvalue weighted by Crippen LogP contribution is -2.13. The van der Waals surface area contributed by atoms with Crippen molar-refractivity contribution in [2.24, 2.45) is 0 Å². The normalized spacial score (nSPS) is 37.8. The zero-order valence-electron chi connectivity index (χ0n) is 4.48. The lowest BCUT2D eigenvalue weighted by Gasteiger charge is -2.15. The van der Waals surface area contributed by atoms with E-state index in [4.69, 9.17) is 0 Å². The van der Waals surface area contributed by atoms with Crippen molar-refractivity contribution in [3.63, 3.8) is 0 Å². The summed E-state index contributed by atoms with van der Waals surface area (Å²) in [5.74, 6) is 0. The van der Waals surface area contributed by atoms with Gasteiger partial charge in [0, 0.05) is 9.65 Å². The molecule has 0 saturated carbocycles. The summed E-state index contributed by atoms with van der Waals surface area (Å²) in [6, 6.07) is 0. The molecule has 0 nitrogen and oxygen atoms in total. The molecule has 46 valence electrons. The van der Waals surface area contributed by atoms with Crippen molar-refractivity contribution < 1.29 is 0 Å². The van der Waals surface area contributed by atoms with Crippen LogP contribution in [0, 0.1) is 0 Å². The fraction of sp³-hybridized carbons (Fsp3) is 0.667. The number of hydrogen-bond donors (Lipinski definition) is 0. The summed E-state index contributed by atoms with van der Waals surface area (Å²) in [6.45, 7) is 0. The number of allylic oxidation sites excluding steroid dienone is 2. The molecule has 0 aromatic carbocycles. The third-order valence-corrected chi connectivity index (χ3v) is 3.95. The largest absolute Gasteiger partial charge is 0.0875 e. The maximum Gasteiger partial charge on any atom is 0.0450 e. The van der Waals surface area contributed by atoms with Crippen molar-refractivity contribution in [1.29, 1.82) is 0 Å². The molecule has 0 saturated heterocycles. The first-order valence-electron chi connectivity index (χ1n) is 2.75. The van der Waals surface area contributed by atoms with Crippen molar-refractivity contribution in [3.05, 3.63) is 12.2 Å². The molecule has 1 aliphatic carbocycles. The van der Waals surface area contributed by atoms with Crippen LogP contribution < -0.4 is 0 Å². The first-order chi connectivity index (χ1) is 3.80. The minimum atomic E-state index is 0.552. The lowest BCUT2D eigenvalue weighted by atomic mass is 10.1. The van der Waals surface area contributed by atoms with Gasteiger partial charge in [0.05, 0.1) is 0 Å². The molecule has 2 heteroatoms. The molecule has 0 fully saturated rings. The van der Waals surface area contributed by atoms with Gasteiger partial charge in [-0.1, -0.05) is 44.0 Å². The summed E-state index contributed by atoms with van der Waals surface area (Å²) in [4.78, 5) is 1.20. The zero-order valence-corrected chi connectivity index (χ0v) is 7.65. The smallest absolute Gasteiger partial charge is 0.0450 e. The number of hydrogen-bond acceptors (Lipinski definition) is 0. The molecule has 0 heterocycles. The standard InChI is InChI=1S/C6H8Br2/c7-5-3-1-2-4-6(5)8/h1,3,5-6H,2,4H2. The SMILES string of the molecule is BrC1C=CCCC1Br. The van der Waals surface area contributed by atoms with E-state index in [2.05, 4.69) is 44.0 Å². The van der Waals surface area contributed by atoms with Gasteiger partial charge in [-0.15, -0.1) is 0 Å². The predicted molar refractivity (Wildman–Crippen MR) is 43.8 cm³/mol. The number of alkyl halides is 2. The first kappa shape index (κ1) is 6.81. The van der Waals surface area contributed by atoms with E-state index in [0.717, 1.165) is 0 Å².